The molecule has 1 amide bonds. The quantitative estimate of drug-likeness (QED) is 0.919. The SMILES string of the molecule is CC1CCCC(NC(=O)Cn2cc(Br)ccc2=O)C1C. The number of pyridine rings is 1. The molecule has 1 heterocycles. The summed E-state index contributed by atoms with van der Waals surface area (Å²) >= 11 is 3.31. The van der Waals surface area contributed by atoms with Crippen molar-refractivity contribution < 1.29 is 4.79 Å². The van der Waals surface area contributed by atoms with Gasteiger partial charge >= 0.3 is 0 Å². The Morgan fingerprint density at radius 3 is 2.90 bits per heavy atom. The van der Waals surface area contributed by atoms with Gasteiger partial charge in [-0.2, -0.15) is 0 Å². The molecule has 1 fully saturated rings. The molecule has 1 aromatic rings. The first-order valence-corrected chi connectivity index (χ1v) is 7.92. The molecule has 1 aliphatic rings. The van der Waals surface area contributed by atoms with E-state index >= 15 is 0 Å². The Kier molecular flexibility index (Phi) is 5.02. The minimum atomic E-state index is -0.159. The molecule has 3 unspecified atom stereocenters. The number of nitrogens with one attached hydrogen (secondary N) is 1. The third kappa shape index (κ3) is 3.72. The molecule has 1 saturated carbocycles. The maximum Gasteiger partial charge on any atom is 0.251 e. The number of carbonyl (C=O) groups excluding carboxylic acids is 1. The van der Waals surface area contributed by atoms with Crippen LogP contribution in [-0.4, -0.2) is 16.5 Å². The first kappa shape index (κ1) is 15.3. The van der Waals surface area contributed by atoms with Crippen molar-refractivity contribution >= 4 is 21.8 Å². The van der Waals surface area contributed by atoms with Crippen LogP contribution in [0.15, 0.2) is 27.6 Å². The number of halogens is 1. The molecular weight excluding hydrogens is 320 g/mol. The van der Waals surface area contributed by atoms with Crippen molar-refractivity contribution in [1.82, 2.24) is 9.88 Å². The predicted molar refractivity (Wildman–Crippen MR) is 82.5 cm³/mol. The van der Waals surface area contributed by atoms with E-state index in [2.05, 4.69) is 35.1 Å². The number of rotatable bonds is 3. The van der Waals surface area contributed by atoms with Gasteiger partial charge in [-0.15, -0.1) is 0 Å². The van der Waals surface area contributed by atoms with E-state index in [4.69, 9.17) is 0 Å². The Morgan fingerprint density at radius 2 is 2.15 bits per heavy atom. The molecule has 2 rings (SSSR count). The summed E-state index contributed by atoms with van der Waals surface area (Å²) in [5.74, 6) is 1.05. The zero-order valence-electron chi connectivity index (χ0n) is 11.9. The first-order valence-electron chi connectivity index (χ1n) is 7.12. The highest BCUT2D eigenvalue weighted by Gasteiger charge is 2.28. The standard InChI is InChI=1S/C15H21BrN2O2/c1-10-4-3-5-13(11(10)2)17-14(19)9-18-8-12(16)6-7-15(18)20/h6-8,10-11,13H,3-5,9H2,1-2H3,(H,17,19). The highest BCUT2D eigenvalue weighted by molar-refractivity contribution is 9.10. The van der Waals surface area contributed by atoms with Crippen LogP contribution in [0.5, 0.6) is 0 Å². The second kappa shape index (κ2) is 6.57. The molecule has 4 nitrogen and oxygen atoms in total. The summed E-state index contributed by atoms with van der Waals surface area (Å²) in [6.07, 6.45) is 5.07. The summed E-state index contributed by atoms with van der Waals surface area (Å²) in [4.78, 5) is 23.8. The highest BCUT2D eigenvalue weighted by Crippen LogP contribution is 2.29. The molecule has 0 aromatic carbocycles. The molecule has 20 heavy (non-hydrogen) atoms. The summed E-state index contributed by atoms with van der Waals surface area (Å²) in [5, 5.41) is 3.08. The molecule has 0 bridgehead atoms. The van der Waals surface area contributed by atoms with Crippen molar-refractivity contribution in [1.29, 1.82) is 0 Å². The molecular formula is C15H21BrN2O2. The van der Waals surface area contributed by atoms with Gasteiger partial charge in [0, 0.05) is 22.8 Å². The molecule has 110 valence electrons. The van der Waals surface area contributed by atoms with E-state index in [1.807, 2.05) is 0 Å². The molecule has 3 atom stereocenters. The molecule has 1 aliphatic carbocycles. The van der Waals surface area contributed by atoms with Crippen molar-refractivity contribution in [2.24, 2.45) is 11.8 Å². The minimum Gasteiger partial charge on any atom is -0.352 e. The summed E-state index contributed by atoms with van der Waals surface area (Å²) in [7, 11) is 0. The first-order chi connectivity index (χ1) is 9.47. The van der Waals surface area contributed by atoms with E-state index in [9.17, 15) is 9.59 Å². The zero-order valence-corrected chi connectivity index (χ0v) is 13.5. The number of amides is 1. The van der Waals surface area contributed by atoms with Crippen LogP contribution < -0.4 is 10.9 Å². The normalized spacial score (nSPS) is 26.2. The van der Waals surface area contributed by atoms with Crippen LogP contribution >= 0.6 is 15.9 Å². The lowest BCUT2D eigenvalue weighted by Crippen LogP contribution is -2.45. The maximum absolute atomic E-state index is 12.1. The predicted octanol–water partition coefficient (Wildman–Crippen LogP) is 2.55. The monoisotopic (exact) mass is 340 g/mol. The molecule has 0 saturated heterocycles. The van der Waals surface area contributed by atoms with Crippen molar-refractivity contribution in [2.45, 2.75) is 45.7 Å². The van der Waals surface area contributed by atoms with Crippen LogP contribution in [0.4, 0.5) is 0 Å². The van der Waals surface area contributed by atoms with Crippen LogP contribution in [0, 0.1) is 11.8 Å². The topological polar surface area (TPSA) is 51.1 Å². The second-order valence-corrected chi connectivity index (χ2v) is 6.67. The molecule has 1 aromatic heterocycles. The third-order valence-corrected chi connectivity index (χ3v) is 4.78. The Bertz CT molecular complexity index is 541. The fraction of sp³-hybridized carbons (Fsp3) is 0.600. The lowest BCUT2D eigenvalue weighted by atomic mass is 9.78. The van der Waals surface area contributed by atoms with Gasteiger partial charge < -0.3 is 9.88 Å². The Hall–Kier alpha value is -1.10. The van der Waals surface area contributed by atoms with E-state index in [0.717, 1.165) is 17.3 Å². The van der Waals surface area contributed by atoms with Gasteiger partial charge in [0.05, 0.1) is 0 Å². The minimum absolute atomic E-state index is 0.0792. The fourth-order valence-electron chi connectivity index (χ4n) is 2.82. The smallest absolute Gasteiger partial charge is 0.251 e. The summed E-state index contributed by atoms with van der Waals surface area (Å²) in [6, 6.07) is 3.37. The number of hydrogen-bond acceptors (Lipinski definition) is 2. The number of nitrogens with zero attached hydrogens (tertiary/aromatic N) is 1. The van der Waals surface area contributed by atoms with Gasteiger partial charge in [-0.3, -0.25) is 9.59 Å². The maximum atomic E-state index is 12.1. The van der Waals surface area contributed by atoms with E-state index in [1.54, 1.807) is 12.3 Å². The molecule has 1 N–H and O–H groups in total. The Morgan fingerprint density at radius 1 is 1.40 bits per heavy atom. The molecule has 0 aliphatic heterocycles. The van der Waals surface area contributed by atoms with Crippen molar-refractivity contribution in [3.05, 3.63) is 33.2 Å². The average Bonchev–Trinajstić information content (AvgIpc) is 2.39. The Labute approximate surface area is 127 Å². The second-order valence-electron chi connectivity index (χ2n) is 5.75. The third-order valence-electron chi connectivity index (χ3n) is 4.31. The van der Waals surface area contributed by atoms with Crippen LogP contribution in [-0.2, 0) is 11.3 Å². The molecule has 5 heteroatoms. The van der Waals surface area contributed by atoms with Gasteiger partial charge in [-0.05, 0) is 40.3 Å². The van der Waals surface area contributed by atoms with Crippen LogP contribution in [0.25, 0.3) is 0 Å². The van der Waals surface area contributed by atoms with Gasteiger partial charge in [0.1, 0.15) is 6.54 Å². The fourth-order valence-corrected chi connectivity index (χ4v) is 3.20. The lowest BCUT2D eigenvalue weighted by Gasteiger charge is -2.34. The van der Waals surface area contributed by atoms with Gasteiger partial charge in [0.15, 0.2) is 0 Å². The number of carbonyl (C=O) groups is 1. The average molecular weight is 341 g/mol. The van der Waals surface area contributed by atoms with Crippen LogP contribution in [0.1, 0.15) is 33.1 Å². The van der Waals surface area contributed by atoms with Gasteiger partial charge in [0.25, 0.3) is 5.56 Å². The highest BCUT2D eigenvalue weighted by atomic mass is 79.9. The van der Waals surface area contributed by atoms with Gasteiger partial charge in [-0.25, -0.2) is 0 Å². The van der Waals surface area contributed by atoms with E-state index < -0.39 is 0 Å². The van der Waals surface area contributed by atoms with Gasteiger partial charge in [-0.1, -0.05) is 26.7 Å². The van der Waals surface area contributed by atoms with E-state index in [-0.39, 0.29) is 24.1 Å². The van der Waals surface area contributed by atoms with Gasteiger partial charge in [0.2, 0.25) is 5.91 Å². The van der Waals surface area contributed by atoms with Crippen molar-refractivity contribution in [3.63, 3.8) is 0 Å². The Balaban J connectivity index is 1.98. The van der Waals surface area contributed by atoms with E-state index in [0.29, 0.717) is 11.8 Å². The molecule has 0 radical (unpaired) electrons. The zero-order chi connectivity index (χ0) is 14.7. The largest absolute Gasteiger partial charge is 0.352 e. The van der Waals surface area contributed by atoms with Crippen molar-refractivity contribution in [2.75, 3.05) is 0 Å². The summed E-state index contributed by atoms with van der Waals surface area (Å²) < 4.78 is 2.22. The molecule has 0 spiro atoms. The van der Waals surface area contributed by atoms with Crippen LogP contribution in [0.3, 0.4) is 0 Å². The summed E-state index contributed by atoms with van der Waals surface area (Å²) in [6.45, 7) is 4.51. The van der Waals surface area contributed by atoms with Crippen LogP contribution in [0.2, 0.25) is 0 Å². The van der Waals surface area contributed by atoms with Crippen molar-refractivity contribution in [3.8, 4) is 0 Å². The summed E-state index contributed by atoms with van der Waals surface area (Å²) in [5.41, 5.74) is -0.159. The number of hydrogen-bond donors (Lipinski definition) is 1. The number of aromatic nitrogens is 1. The lowest BCUT2D eigenvalue weighted by molar-refractivity contribution is -0.123. The van der Waals surface area contributed by atoms with E-state index in [1.165, 1.54) is 17.1 Å².